The number of rotatable bonds is 5. The van der Waals surface area contributed by atoms with E-state index in [-0.39, 0.29) is 11.7 Å². The third kappa shape index (κ3) is 3.65. The number of Topliss-reactive ketones (excluding diaryl/α,β-unsaturated/α-hetero) is 1. The summed E-state index contributed by atoms with van der Waals surface area (Å²) >= 11 is 0. The molecule has 0 saturated heterocycles. The summed E-state index contributed by atoms with van der Waals surface area (Å²) in [7, 11) is 0. The molecule has 1 unspecified atom stereocenters. The summed E-state index contributed by atoms with van der Waals surface area (Å²) < 4.78 is 0. The first-order valence-corrected chi connectivity index (χ1v) is 4.39. The molecule has 0 aliphatic heterocycles. The lowest BCUT2D eigenvalue weighted by Gasteiger charge is -2.12. The molecule has 0 amide bonds. The van der Waals surface area contributed by atoms with E-state index in [1.54, 1.807) is 0 Å². The molecule has 0 aliphatic rings. The van der Waals surface area contributed by atoms with Crippen LogP contribution in [0.1, 0.15) is 34.1 Å². The summed E-state index contributed by atoms with van der Waals surface area (Å²) in [6, 6.07) is 0. The molecule has 1 radical (unpaired) electrons. The van der Waals surface area contributed by atoms with Gasteiger partial charge in [0.15, 0.2) is 0 Å². The van der Waals surface area contributed by atoms with Crippen molar-refractivity contribution in [2.75, 3.05) is 0 Å². The minimum absolute atomic E-state index is 0.0231. The predicted octanol–water partition coefficient (Wildman–Crippen LogP) is 1.98. The lowest BCUT2D eigenvalue weighted by molar-refractivity contribution is -0.122. The van der Waals surface area contributed by atoms with Crippen LogP contribution in [0.5, 0.6) is 0 Å². The maximum atomic E-state index is 11.4. The van der Waals surface area contributed by atoms with Gasteiger partial charge in [-0.05, 0) is 11.8 Å². The third-order valence-electron chi connectivity index (χ3n) is 1.75. The van der Waals surface area contributed by atoms with Gasteiger partial charge in [0.1, 0.15) is 5.78 Å². The normalized spacial score (nSPS) is 13.5. The van der Waals surface area contributed by atoms with Crippen LogP contribution >= 0.6 is 0 Å². The van der Waals surface area contributed by atoms with E-state index in [1.165, 1.54) is 0 Å². The highest BCUT2D eigenvalue weighted by Gasteiger charge is 2.22. The minimum Gasteiger partial charge on any atom is -0.299 e. The van der Waals surface area contributed by atoms with Crippen LogP contribution in [-0.2, 0) is 9.59 Å². The standard InChI is InChI=1S/C10H17O2/c1-7(2)5-10(12)9(6-11)8(3)4/h7-9H,5H2,1-4H3. The molecule has 69 valence electrons. The van der Waals surface area contributed by atoms with Crippen LogP contribution < -0.4 is 0 Å². The first kappa shape index (κ1) is 11.3. The topological polar surface area (TPSA) is 34.1 Å². The number of carbonyl (C=O) groups excluding carboxylic acids is 2. The SMILES string of the molecule is CC(C)CC(=O)C([C]=O)C(C)C. The zero-order chi connectivity index (χ0) is 9.72. The van der Waals surface area contributed by atoms with Crippen LogP contribution in [-0.4, -0.2) is 12.1 Å². The Morgan fingerprint density at radius 1 is 1.25 bits per heavy atom. The molecule has 2 heteroatoms. The van der Waals surface area contributed by atoms with Gasteiger partial charge in [0.05, 0.1) is 5.92 Å². The molecule has 0 aromatic heterocycles. The molecule has 0 aromatic rings. The van der Waals surface area contributed by atoms with Crippen LogP contribution in [0.25, 0.3) is 0 Å². The molecule has 0 N–H and O–H groups in total. The van der Waals surface area contributed by atoms with Gasteiger partial charge in [0.2, 0.25) is 6.29 Å². The van der Waals surface area contributed by atoms with Crippen LogP contribution in [0.15, 0.2) is 0 Å². The second kappa shape index (κ2) is 5.07. The van der Waals surface area contributed by atoms with E-state index in [1.807, 2.05) is 34.0 Å². The Morgan fingerprint density at radius 3 is 2.00 bits per heavy atom. The van der Waals surface area contributed by atoms with E-state index in [0.29, 0.717) is 12.3 Å². The summed E-state index contributed by atoms with van der Waals surface area (Å²) in [6.45, 7) is 7.68. The van der Waals surface area contributed by atoms with Gasteiger partial charge in [0.25, 0.3) is 0 Å². The number of ketones is 1. The van der Waals surface area contributed by atoms with Crippen molar-refractivity contribution in [2.45, 2.75) is 34.1 Å². The predicted molar refractivity (Wildman–Crippen MR) is 48.5 cm³/mol. The Kier molecular flexibility index (Phi) is 4.79. The van der Waals surface area contributed by atoms with Crippen molar-refractivity contribution in [2.24, 2.45) is 17.8 Å². The lowest BCUT2D eigenvalue weighted by atomic mass is 9.89. The van der Waals surface area contributed by atoms with E-state index in [9.17, 15) is 9.59 Å². The van der Waals surface area contributed by atoms with Gasteiger partial charge in [-0.2, -0.15) is 0 Å². The first-order chi connectivity index (χ1) is 5.49. The Balaban J connectivity index is 4.13. The summed E-state index contributed by atoms with van der Waals surface area (Å²) in [5.74, 6) is -0.0942. The van der Waals surface area contributed by atoms with Crippen molar-refractivity contribution in [3.63, 3.8) is 0 Å². The molecule has 0 saturated carbocycles. The highest BCUT2D eigenvalue weighted by molar-refractivity contribution is 5.93. The lowest BCUT2D eigenvalue weighted by Crippen LogP contribution is -2.22. The molecule has 12 heavy (non-hydrogen) atoms. The Morgan fingerprint density at radius 2 is 1.75 bits per heavy atom. The Labute approximate surface area is 74.3 Å². The molecule has 0 spiro atoms. The van der Waals surface area contributed by atoms with E-state index in [0.717, 1.165) is 0 Å². The monoisotopic (exact) mass is 169 g/mol. The van der Waals surface area contributed by atoms with Gasteiger partial charge < -0.3 is 0 Å². The van der Waals surface area contributed by atoms with Crippen LogP contribution in [0.3, 0.4) is 0 Å². The summed E-state index contributed by atoms with van der Waals surface area (Å²) in [6.07, 6.45) is 2.29. The number of carbonyl (C=O) groups is 1. The zero-order valence-corrected chi connectivity index (χ0v) is 8.26. The van der Waals surface area contributed by atoms with Crippen LogP contribution in [0.4, 0.5) is 0 Å². The molecular formula is C10H17O2. The molecule has 0 fully saturated rings. The molecule has 0 aromatic carbocycles. The molecule has 0 bridgehead atoms. The fraction of sp³-hybridized carbons (Fsp3) is 0.800. The quantitative estimate of drug-likeness (QED) is 0.590. The fourth-order valence-corrected chi connectivity index (χ4v) is 1.10. The smallest absolute Gasteiger partial charge is 0.209 e. The zero-order valence-electron chi connectivity index (χ0n) is 8.26. The van der Waals surface area contributed by atoms with Crippen molar-refractivity contribution >= 4 is 12.1 Å². The van der Waals surface area contributed by atoms with Crippen molar-refractivity contribution < 1.29 is 9.59 Å². The van der Waals surface area contributed by atoms with Crippen molar-refractivity contribution in [1.82, 2.24) is 0 Å². The second-order valence-electron chi connectivity index (χ2n) is 3.90. The average Bonchev–Trinajstić information content (AvgIpc) is 1.85. The maximum absolute atomic E-state index is 11.4. The largest absolute Gasteiger partial charge is 0.299 e. The van der Waals surface area contributed by atoms with E-state index in [4.69, 9.17) is 0 Å². The number of hydrogen-bond acceptors (Lipinski definition) is 2. The molecule has 2 nitrogen and oxygen atoms in total. The van der Waals surface area contributed by atoms with Gasteiger partial charge >= 0.3 is 0 Å². The average molecular weight is 169 g/mol. The molecule has 1 atom stereocenters. The highest BCUT2D eigenvalue weighted by Crippen LogP contribution is 2.14. The third-order valence-corrected chi connectivity index (χ3v) is 1.75. The van der Waals surface area contributed by atoms with Crippen molar-refractivity contribution in [3.05, 3.63) is 0 Å². The van der Waals surface area contributed by atoms with Crippen molar-refractivity contribution in [1.29, 1.82) is 0 Å². The Hall–Kier alpha value is -0.660. The summed E-state index contributed by atoms with van der Waals surface area (Å²) in [4.78, 5) is 21.8. The fourth-order valence-electron chi connectivity index (χ4n) is 1.10. The maximum Gasteiger partial charge on any atom is 0.209 e. The van der Waals surface area contributed by atoms with Gasteiger partial charge in [-0.1, -0.05) is 27.7 Å². The minimum atomic E-state index is -0.521. The second-order valence-corrected chi connectivity index (χ2v) is 3.90. The van der Waals surface area contributed by atoms with Crippen molar-refractivity contribution in [3.8, 4) is 0 Å². The Bertz CT molecular complexity index is 159. The molecule has 0 rings (SSSR count). The van der Waals surface area contributed by atoms with Gasteiger partial charge in [-0.3, -0.25) is 9.59 Å². The van der Waals surface area contributed by atoms with E-state index < -0.39 is 5.92 Å². The van der Waals surface area contributed by atoms with Gasteiger partial charge in [-0.25, -0.2) is 0 Å². The van der Waals surface area contributed by atoms with Crippen LogP contribution in [0.2, 0.25) is 0 Å². The van der Waals surface area contributed by atoms with Gasteiger partial charge in [-0.15, -0.1) is 0 Å². The number of hydrogen-bond donors (Lipinski definition) is 0. The summed E-state index contributed by atoms with van der Waals surface area (Å²) in [5.41, 5.74) is 0. The highest BCUT2D eigenvalue weighted by atomic mass is 16.1. The molecule has 0 aliphatic carbocycles. The molecule has 0 heterocycles. The van der Waals surface area contributed by atoms with E-state index in [2.05, 4.69) is 0 Å². The molecular weight excluding hydrogens is 152 g/mol. The first-order valence-electron chi connectivity index (χ1n) is 4.39. The van der Waals surface area contributed by atoms with Crippen LogP contribution in [0, 0.1) is 17.8 Å². The summed E-state index contributed by atoms with van der Waals surface area (Å²) in [5, 5.41) is 0. The van der Waals surface area contributed by atoms with Gasteiger partial charge in [0, 0.05) is 6.42 Å². The van der Waals surface area contributed by atoms with E-state index >= 15 is 0 Å².